The van der Waals surface area contributed by atoms with Gasteiger partial charge in [0.1, 0.15) is 17.9 Å². The Labute approximate surface area is 154 Å². The first kappa shape index (κ1) is 16.5. The van der Waals surface area contributed by atoms with Crippen molar-refractivity contribution in [1.82, 2.24) is 4.98 Å². The quantitative estimate of drug-likeness (QED) is 0.702. The number of carbonyl (C=O) groups is 1. The minimum absolute atomic E-state index is 0.0872. The molecule has 2 heterocycles. The minimum atomic E-state index is -0.746. The lowest BCUT2D eigenvalue weighted by Gasteiger charge is -2.21. The lowest BCUT2D eigenvalue weighted by Crippen LogP contribution is -2.34. The Balaban J connectivity index is 1.79. The molecule has 0 aliphatic carbocycles. The molecule has 2 amide bonds. The van der Waals surface area contributed by atoms with Crippen molar-refractivity contribution in [3.05, 3.63) is 66.2 Å². The first-order valence-corrected chi connectivity index (χ1v) is 8.17. The second-order valence-corrected chi connectivity index (χ2v) is 6.06. The average molecular weight is 357 g/mol. The number of amides is 2. The zero-order valence-electron chi connectivity index (χ0n) is 14.0. The smallest absolute Gasteiger partial charge is 0.291 e. The van der Waals surface area contributed by atoms with Crippen molar-refractivity contribution < 1.29 is 9.18 Å². The second-order valence-electron chi connectivity index (χ2n) is 6.06. The number of carbonyl (C=O) groups excluding carboxylic acids is 1. The van der Waals surface area contributed by atoms with Crippen molar-refractivity contribution in [2.75, 3.05) is 16.3 Å². The third-order valence-corrected chi connectivity index (χ3v) is 4.54. The summed E-state index contributed by atoms with van der Waals surface area (Å²) in [6.45, 7) is 0.0872. The predicted octanol–water partition coefficient (Wildman–Crippen LogP) is 3.58. The first-order chi connectivity index (χ1) is 13.1. The van der Waals surface area contributed by atoms with Gasteiger partial charge in [-0.3, -0.25) is 14.8 Å². The van der Waals surface area contributed by atoms with E-state index in [2.05, 4.69) is 11.1 Å². The van der Waals surface area contributed by atoms with Gasteiger partial charge in [0.2, 0.25) is 0 Å². The number of rotatable bonds is 2. The van der Waals surface area contributed by atoms with Crippen LogP contribution in [0.25, 0.3) is 10.8 Å². The van der Waals surface area contributed by atoms with E-state index >= 15 is 0 Å². The van der Waals surface area contributed by atoms with Gasteiger partial charge in [0.05, 0.1) is 30.1 Å². The molecule has 0 saturated carbocycles. The third kappa shape index (κ3) is 2.62. The van der Waals surface area contributed by atoms with Crippen LogP contribution in [0.15, 0.2) is 54.9 Å². The molecule has 4 rings (SSSR count). The van der Waals surface area contributed by atoms with E-state index in [1.807, 2.05) is 24.3 Å². The number of nitriles is 2. The van der Waals surface area contributed by atoms with E-state index in [1.54, 1.807) is 18.5 Å². The van der Waals surface area contributed by atoms with Gasteiger partial charge in [-0.1, -0.05) is 24.3 Å². The molecule has 3 aromatic rings. The van der Waals surface area contributed by atoms with Crippen LogP contribution in [0.2, 0.25) is 0 Å². The number of pyridine rings is 1. The Morgan fingerprint density at radius 3 is 2.70 bits per heavy atom. The van der Waals surface area contributed by atoms with Crippen LogP contribution >= 0.6 is 0 Å². The standard InChI is InChI=1S/C20H12FN5O/c21-18-7-15(6-5-13(18)8-22)25-12-16(9-23)26(20(25)27)19-11-24-10-14-3-1-2-4-17(14)19/h1-7,10-11,16H,12H2/t16-/m0/s1. The number of anilines is 2. The summed E-state index contributed by atoms with van der Waals surface area (Å²) in [4.78, 5) is 20.0. The number of hydrogen-bond acceptors (Lipinski definition) is 4. The topological polar surface area (TPSA) is 84.0 Å². The number of urea groups is 1. The highest BCUT2D eigenvalue weighted by Gasteiger charge is 2.40. The lowest BCUT2D eigenvalue weighted by molar-refractivity contribution is 0.255. The van der Waals surface area contributed by atoms with Crippen molar-refractivity contribution in [1.29, 1.82) is 10.5 Å². The summed E-state index contributed by atoms with van der Waals surface area (Å²) in [5, 5.41) is 20.1. The second kappa shape index (κ2) is 6.40. The molecule has 1 aliphatic rings. The summed E-state index contributed by atoms with van der Waals surface area (Å²) < 4.78 is 14.0. The molecule has 1 aliphatic heterocycles. The molecule has 7 heteroatoms. The van der Waals surface area contributed by atoms with Crippen LogP contribution in [0.3, 0.4) is 0 Å². The van der Waals surface area contributed by atoms with Gasteiger partial charge in [0.25, 0.3) is 0 Å². The van der Waals surface area contributed by atoms with E-state index in [0.29, 0.717) is 11.4 Å². The van der Waals surface area contributed by atoms with Crippen LogP contribution < -0.4 is 9.80 Å². The molecular weight excluding hydrogens is 345 g/mol. The maximum absolute atomic E-state index is 14.0. The normalized spacial score (nSPS) is 16.4. The van der Waals surface area contributed by atoms with Crippen LogP contribution in [0.1, 0.15) is 5.56 Å². The molecule has 27 heavy (non-hydrogen) atoms. The Kier molecular flexibility index (Phi) is 3.91. The number of fused-ring (bicyclic) bond motifs is 1. The Morgan fingerprint density at radius 1 is 1.15 bits per heavy atom. The fourth-order valence-corrected chi connectivity index (χ4v) is 3.24. The van der Waals surface area contributed by atoms with Gasteiger partial charge >= 0.3 is 6.03 Å². The molecule has 130 valence electrons. The zero-order valence-corrected chi connectivity index (χ0v) is 14.0. The molecule has 6 nitrogen and oxygen atoms in total. The van der Waals surface area contributed by atoms with Gasteiger partial charge in [0, 0.05) is 22.7 Å². The Hall–Kier alpha value is -3.97. The minimum Gasteiger partial charge on any atom is -0.291 e. The van der Waals surface area contributed by atoms with Gasteiger partial charge in [-0.25, -0.2) is 9.18 Å². The molecule has 1 aromatic heterocycles. The summed E-state index contributed by atoms with van der Waals surface area (Å²) in [5.41, 5.74) is 0.728. The van der Waals surface area contributed by atoms with Crippen molar-refractivity contribution in [2.45, 2.75) is 6.04 Å². The molecule has 1 atom stereocenters. The summed E-state index contributed by atoms with van der Waals surface area (Å²) in [6, 6.07) is 14.1. The van der Waals surface area contributed by atoms with Crippen molar-refractivity contribution in [2.24, 2.45) is 0 Å². The van der Waals surface area contributed by atoms with E-state index in [0.717, 1.165) is 16.8 Å². The largest absolute Gasteiger partial charge is 0.330 e. The average Bonchev–Trinajstić information content (AvgIpc) is 3.03. The van der Waals surface area contributed by atoms with E-state index in [1.165, 1.54) is 21.9 Å². The summed E-state index contributed by atoms with van der Waals surface area (Å²) in [5.74, 6) is -0.707. The number of benzene rings is 2. The predicted molar refractivity (Wildman–Crippen MR) is 97.5 cm³/mol. The zero-order chi connectivity index (χ0) is 19.0. The Bertz CT molecular complexity index is 1140. The molecule has 0 spiro atoms. The van der Waals surface area contributed by atoms with Crippen LogP contribution in [-0.4, -0.2) is 23.6 Å². The van der Waals surface area contributed by atoms with Crippen molar-refractivity contribution in [3.63, 3.8) is 0 Å². The van der Waals surface area contributed by atoms with Crippen LogP contribution in [0.4, 0.5) is 20.6 Å². The van der Waals surface area contributed by atoms with Gasteiger partial charge in [-0.05, 0) is 18.2 Å². The third-order valence-electron chi connectivity index (χ3n) is 4.54. The maximum Gasteiger partial charge on any atom is 0.330 e. The molecule has 0 N–H and O–H groups in total. The molecule has 0 bridgehead atoms. The summed E-state index contributed by atoms with van der Waals surface area (Å²) in [6.07, 6.45) is 3.24. The molecular formula is C20H12FN5O. The Morgan fingerprint density at radius 2 is 1.96 bits per heavy atom. The van der Waals surface area contributed by atoms with Crippen molar-refractivity contribution >= 4 is 28.2 Å². The van der Waals surface area contributed by atoms with Crippen LogP contribution in [-0.2, 0) is 0 Å². The van der Waals surface area contributed by atoms with Crippen LogP contribution in [0.5, 0.6) is 0 Å². The molecule has 0 unspecified atom stereocenters. The fraction of sp³-hybridized carbons (Fsp3) is 0.100. The van der Waals surface area contributed by atoms with Crippen LogP contribution in [0, 0.1) is 28.5 Å². The molecule has 1 saturated heterocycles. The maximum atomic E-state index is 14.0. The number of halogens is 1. The highest BCUT2D eigenvalue weighted by Crippen LogP contribution is 2.33. The van der Waals surface area contributed by atoms with Gasteiger partial charge in [-0.2, -0.15) is 10.5 Å². The highest BCUT2D eigenvalue weighted by molar-refractivity contribution is 6.11. The van der Waals surface area contributed by atoms with E-state index < -0.39 is 17.9 Å². The molecule has 0 radical (unpaired) electrons. The highest BCUT2D eigenvalue weighted by atomic mass is 19.1. The van der Waals surface area contributed by atoms with Gasteiger partial charge in [-0.15, -0.1) is 0 Å². The number of aromatic nitrogens is 1. The number of nitrogens with zero attached hydrogens (tertiary/aromatic N) is 5. The fourth-order valence-electron chi connectivity index (χ4n) is 3.24. The first-order valence-electron chi connectivity index (χ1n) is 8.17. The van der Waals surface area contributed by atoms with E-state index in [-0.39, 0.29) is 12.1 Å². The SMILES string of the molecule is N#Cc1ccc(N2C[C@H](C#N)N(c3cncc4ccccc34)C2=O)cc1F. The van der Waals surface area contributed by atoms with Crippen molar-refractivity contribution in [3.8, 4) is 12.1 Å². The van der Waals surface area contributed by atoms with Gasteiger partial charge in [0.15, 0.2) is 0 Å². The molecule has 1 fully saturated rings. The lowest BCUT2D eigenvalue weighted by atomic mass is 10.1. The summed E-state index contributed by atoms with van der Waals surface area (Å²) >= 11 is 0. The van der Waals surface area contributed by atoms with Gasteiger partial charge < -0.3 is 0 Å². The number of hydrogen-bond donors (Lipinski definition) is 0. The van der Waals surface area contributed by atoms with E-state index in [4.69, 9.17) is 5.26 Å². The summed E-state index contributed by atoms with van der Waals surface area (Å²) in [7, 11) is 0. The monoisotopic (exact) mass is 357 g/mol. The molecule has 2 aromatic carbocycles. The van der Waals surface area contributed by atoms with E-state index in [9.17, 15) is 14.4 Å².